The number of carbonyl (C=O) groups excluding carboxylic acids is 1. The van der Waals surface area contributed by atoms with Gasteiger partial charge in [0.2, 0.25) is 5.91 Å². The Morgan fingerprint density at radius 3 is 2.87 bits per heavy atom. The summed E-state index contributed by atoms with van der Waals surface area (Å²) >= 11 is 0. The third-order valence-corrected chi connectivity index (χ3v) is 3.50. The lowest BCUT2D eigenvalue weighted by molar-refractivity contribution is -0.115. The molecule has 1 aromatic rings. The zero-order chi connectivity index (χ0) is 17.1. The summed E-state index contributed by atoms with van der Waals surface area (Å²) < 4.78 is 0. The number of hydrogen-bond acceptors (Lipinski definition) is 2. The predicted molar refractivity (Wildman–Crippen MR) is 97.9 cm³/mol. The van der Waals surface area contributed by atoms with Crippen LogP contribution in [0.25, 0.3) is 0 Å². The highest BCUT2D eigenvalue weighted by molar-refractivity contribution is 5.95. The molecular weight excluding hydrogens is 288 g/mol. The van der Waals surface area contributed by atoms with Crippen LogP contribution in [-0.2, 0) is 11.2 Å². The highest BCUT2D eigenvalue weighted by Gasteiger charge is 2.08. The van der Waals surface area contributed by atoms with Crippen molar-refractivity contribution in [2.75, 3.05) is 32.5 Å². The number of nitrogens with one attached hydrogen (secondary N) is 2. The second-order valence-corrected chi connectivity index (χ2v) is 5.36. The van der Waals surface area contributed by atoms with Crippen molar-refractivity contribution in [1.29, 1.82) is 0 Å². The lowest BCUT2D eigenvalue weighted by Crippen LogP contribution is -2.42. The number of unbranched alkanes of at least 4 members (excludes halogenated alkanes) is 1. The average Bonchev–Trinajstić information content (AvgIpc) is 2.55. The maximum Gasteiger partial charge on any atom is 0.243 e. The van der Waals surface area contributed by atoms with E-state index in [0.717, 1.165) is 31.5 Å². The van der Waals surface area contributed by atoms with Crippen molar-refractivity contribution in [1.82, 2.24) is 10.2 Å². The van der Waals surface area contributed by atoms with Crippen LogP contribution in [0.15, 0.2) is 41.9 Å². The topological polar surface area (TPSA) is 56.7 Å². The lowest BCUT2D eigenvalue weighted by atomic mass is 10.1. The molecule has 0 atom stereocenters. The highest BCUT2D eigenvalue weighted by atomic mass is 16.1. The molecule has 0 aromatic heterocycles. The number of aliphatic imine (C=N–C) groups is 1. The first-order chi connectivity index (χ1) is 11.1. The molecule has 0 bridgehead atoms. The van der Waals surface area contributed by atoms with Gasteiger partial charge in [-0.05, 0) is 37.0 Å². The van der Waals surface area contributed by atoms with Crippen LogP contribution in [-0.4, -0.2) is 44.0 Å². The molecule has 0 saturated heterocycles. The molecule has 2 N–H and O–H groups in total. The van der Waals surface area contributed by atoms with Crippen LogP contribution >= 0.6 is 0 Å². The van der Waals surface area contributed by atoms with Crippen molar-refractivity contribution in [3.8, 4) is 0 Å². The van der Waals surface area contributed by atoms with E-state index in [-0.39, 0.29) is 12.5 Å². The molecule has 0 fully saturated rings. The summed E-state index contributed by atoms with van der Waals surface area (Å²) in [4.78, 5) is 18.3. The molecule has 0 aliphatic heterocycles. The number of aryl methyl sites for hydroxylation is 1. The monoisotopic (exact) mass is 316 g/mol. The summed E-state index contributed by atoms with van der Waals surface area (Å²) in [7, 11) is 3.68. The molecule has 0 heterocycles. The number of benzene rings is 1. The Labute approximate surface area is 139 Å². The lowest BCUT2D eigenvalue weighted by Gasteiger charge is -2.21. The number of carbonyl (C=O) groups is 1. The SMILES string of the molecule is C=CCCCN(C)C(=NC)NCC(=O)Nc1cccc(CC)c1. The summed E-state index contributed by atoms with van der Waals surface area (Å²) in [6, 6.07) is 7.89. The van der Waals surface area contributed by atoms with E-state index in [1.54, 1.807) is 7.05 Å². The van der Waals surface area contributed by atoms with Gasteiger partial charge in [0.25, 0.3) is 0 Å². The van der Waals surface area contributed by atoms with Crippen molar-refractivity contribution in [3.63, 3.8) is 0 Å². The van der Waals surface area contributed by atoms with Gasteiger partial charge in [-0.25, -0.2) is 0 Å². The molecule has 126 valence electrons. The van der Waals surface area contributed by atoms with Crippen molar-refractivity contribution >= 4 is 17.6 Å². The van der Waals surface area contributed by atoms with Gasteiger partial charge in [-0.1, -0.05) is 25.1 Å². The fraction of sp³-hybridized carbons (Fsp3) is 0.444. The first-order valence-electron chi connectivity index (χ1n) is 8.02. The van der Waals surface area contributed by atoms with Crippen LogP contribution in [0.2, 0.25) is 0 Å². The van der Waals surface area contributed by atoms with Gasteiger partial charge in [0.15, 0.2) is 5.96 Å². The standard InChI is InChI=1S/C18H28N4O/c1-5-7-8-12-22(4)18(19-3)20-14-17(23)21-16-11-9-10-15(6-2)13-16/h5,9-11,13H,1,6-8,12,14H2,2-4H3,(H,19,20)(H,21,23). The summed E-state index contributed by atoms with van der Waals surface area (Å²) in [6.07, 6.45) is 4.83. The van der Waals surface area contributed by atoms with Crippen molar-refractivity contribution in [2.45, 2.75) is 26.2 Å². The normalized spacial score (nSPS) is 11.0. The molecule has 1 amide bonds. The Morgan fingerprint density at radius 2 is 2.22 bits per heavy atom. The Balaban J connectivity index is 2.45. The van der Waals surface area contributed by atoms with Gasteiger partial charge in [-0.15, -0.1) is 6.58 Å². The zero-order valence-electron chi connectivity index (χ0n) is 14.4. The van der Waals surface area contributed by atoms with Gasteiger partial charge < -0.3 is 15.5 Å². The van der Waals surface area contributed by atoms with Crippen LogP contribution in [0.4, 0.5) is 5.69 Å². The Hall–Kier alpha value is -2.30. The van der Waals surface area contributed by atoms with Crippen molar-refractivity contribution in [2.24, 2.45) is 4.99 Å². The molecule has 0 spiro atoms. The molecule has 5 heteroatoms. The third kappa shape index (κ3) is 7.00. The molecule has 0 unspecified atom stereocenters. The van der Waals surface area contributed by atoms with Crippen LogP contribution in [0.1, 0.15) is 25.3 Å². The Kier molecular flexibility index (Phi) is 8.50. The second-order valence-electron chi connectivity index (χ2n) is 5.36. The molecule has 1 aromatic carbocycles. The summed E-state index contributed by atoms with van der Waals surface area (Å²) in [5, 5.41) is 5.98. The van der Waals surface area contributed by atoms with E-state index in [1.165, 1.54) is 5.56 Å². The van der Waals surface area contributed by atoms with Crippen LogP contribution in [0.5, 0.6) is 0 Å². The fourth-order valence-electron chi connectivity index (χ4n) is 2.20. The van der Waals surface area contributed by atoms with Gasteiger partial charge in [0.05, 0.1) is 6.54 Å². The van der Waals surface area contributed by atoms with E-state index in [9.17, 15) is 4.79 Å². The highest BCUT2D eigenvalue weighted by Crippen LogP contribution is 2.10. The quantitative estimate of drug-likeness (QED) is 0.335. The molecule has 1 rings (SSSR count). The van der Waals surface area contributed by atoms with Gasteiger partial charge in [0, 0.05) is 26.3 Å². The first kappa shape index (κ1) is 18.7. The number of rotatable bonds is 8. The van der Waals surface area contributed by atoms with Gasteiger partial charge in [0.1, 0.15) is 0 Å². The van der Waals surface area contributed by atoms with Crippen molar-refractivity contribution in [3.05, 3.63) is 42.5 Å². The number of allylic oxidation sites excluding steroid dienone is 1. The minimum absolute atomic E-state index is 0.0844. The molecular formula is C18H28N4O. The van der Waals surface area contributed by atoms with E-state index in [4.69, 9.17) is 0 Å². The minimum Gasteiger partial charge on any atom is -0.347 e. The van der Waals surface area contributed by atoms with Crippen molar-refractivity contribution < 1.29 is 4.79 Å². The smallest absolute Gasteiger partial charge is 0.243 e. The minimum atomic E-state index is -0.0844. The maximum absolute atomic E-state index is 12.1. The summed E-state index contributed by atoms with van der Waals surface area (Å²) in [6.45, 7) is 6.87. The Morgan fingerprint density at radius 1 is 1.43 bits per heavy atom. The van der Waals surface area contributed by atoms with E-state index < -0.39 is 0 Å². The van der Waals surface area contributed by atoms with Crippen LogP contribution in [0.3, 0.4) is 0 Å². The van der Waals surface area contributed by atoms with Gasteiger partial charge in [-0.2, -0.15) is 0 Å². The maximum atomic E-state index is 12.1. The predicted octanol–water partition coefficient (Wildman–Crippen LogP) is 2.66. The van der Waals surface area contributed by atoms with Gasteiger partial charge in [-0.3, -0.25) is 9.79 Å². The number of amides is 1. The summed E-state index contributed by atoms with van der Waals surface area (Å²) in [5.41, 5.74) is 2.03. The second kappa shape index (κ2) is 10.4. The molecule has 0 aliphatic rings. The van der Waals surface area contributed by atoms with E-state index >= 15 is 0 Å². The Bertz CT molecular complexity index is 540. The number of hydrogen-bond donors (Lipinski definition) is 2. The summed E-state index contributed by atoms with van der Waals surface area (Å²) in [5.74, 6) is 0.630. The number of nitrogens with zero attached hydrogens (tertiary/aromatic N) is 2. The molecule has 23 heavy (non-hydrogen) atoms. The molecule has 0 radical (unpaired) electrons. The number of anilines is 1. The number of guanidine groups is 1. The zero-order valence-corrected chi connectivity index (χ0v) is 14.4. The van der Waals surface area contributed by atoms with E-state index in [2.05, 4.69) is 29.1 Å². The van der Waals surface area contributed by atoms with E-state index in [0.29, 0.717) is 5.96 Å². The average molecular weight is 316 g/mol. The first-order valence-corrected chi connectivity index (χ1v) is 8.02. The fourth-order valence-corrected chi connectivity index (χ4v) is 2.20. The third-order valence-electron chi connectivity index (χ3n) is 3.50. The van der Waals surface area contributed by atoms with Gasteiger partial charge >= 0.3 is 0 Å². The van der Waals surface area contributed by atoms with E-state index in [1.807, 2.05) is 42.3 Å². The van der Waals surface area contributed by atoms with Crippen LogP contribution < -0.4 is 10.6 Å². The van der Waals surface area contributed by atoms with Crippen LogP contribution in [0, 0.1) is 0 Å². The molecule has 0 aliphatic carbocycles. The molecule has 0 saturated carbocycles. The largest absolute Gasteiger partial charge is 0.347 e. The molecule has 5 nitrogen and oxygen atoms in total.